The molecule has 14 N–H and O–H groups in total. The number of ketones is 4. The highest BCUT2D eigenvalue weighted by atomic mass is 33.1. The van der Waals surface area contributed by atoms with Crippen LogP contribution in [-0.4, -0.2) is 265 Å². The number of aliphatic carboxylic acids is 3. The van der Waals surface area contributed by atoms with Crippen molar-refractivity contribution in [1.29, 1.82) is 0 Å². The van der Waals surface area contributed by atoms with E-state index >= 15 is 19.2 Å². The normalized spacial score (nSPS) is 22.0. The lowest BCUT2D eigenvalue weighted by molar-refractivity contribution is -0.148. The molecule has 100 heavy (non-hydrogen) atoms. The van der Waals surface area contributed by atoms with Crippen LogP contribution in [0.1, 0.15) is 76.0 Å². The molecule has 2 aliphatic heterocycles. The molecule has 546 valence electrons. The Morgan fingerprint density at radius 2 is 1.18 bits per heavy atom. The molecule has 6 rings (SSSR count). The molecule has 0 spiro atoms. The van der Waals surface area contributed by atoms with Crippen molar-refractivity contribution in [3.63, 3.8) is 0 Å². The van der Waals surface area contributed by atoms with Crippen LogP contribution in [0.3, 0.4) is 0 Å². The zero-order chi connectivity index (χ0) is 73.0. The van der Waals surface area contributed by atoms with Crippen molar-refractivity contribution in [2.24, 2.45) is 23.5 Å². The average molecular weight is 1430 g/mol. The predicted octanol–water partition coefficient (Wildman–Crippen LogP) is 0.402. The maximum atomic E-state index is 15.4. The van der Waals surface area contributed by atoms with Gasteiger partial charge in [-0.25, -0.2) is 0 Å². The summed E-state index contributed by atoms with van der Waals surface area (Å²) in [4.78, 5) is 178. The van der Waals surface area contributed by atoms with Crippen molar-refractivity contribution in [3.05, 3.63) is 102 Å². The lowest BCUT2D eigenvalue weighted by atomic mass is 9.90. The number of benzene rings is 3. The molecule has 0 saturated carbocycles. The van der Waals surface area contributed by atoms with Gasteiger partial charge in [0.25, 0.3) is 0 Å². The molecule has 10 atom stereocenters. The van der Waals surface area contributed by atoms with E-state index in [1.807, 2.05) is 4.90 Å². The van der Waals surface area contributed by atoms with E-state index in [-0.39, 0.29) is 134 Å². The topological polar surface area (TPSA) is 441 Å². The molecule has 0 unspecified atom stereocenters. The minimum absolute atomic E-state index is 0.00278. The number of unbranched alkanes of at least 4 members (excludes halogenated alkanes) is 1. The number of hydrogen-bond donors (Lipinski definition) is 13. The van der Waals surface area contributed by atoms with E-state index < -0.39 is 144 Å². The minimum Gasteiger partial charge on any atom is -0.508 e. The number of carboxylic acids is 3. The number of para-hydroxylation sites is 1. The number of phenols is 1. The highest BCUT2D eigenvalue weighted by molar-refractivity contribution is 8.76. The Hall–Kier alpha value is -8.14. The third-order valence-corrected chi connectivity index (χ3v) is 20.1. The smallest absolute Gasteiger partial charge is 0.317 e. The van der Waals surface area contributed by atoms with Crippen LogP contribution >= 0.6 is 21.6 Å². The Labute approximate surface area is 588 Å². The summed E-state index contributed by atoms with van der Waals surface area (Å²) in [6.45, 7) is 4.59. The van der Waals surface area contributed by atoms with Gasteiger partial charge < -0.3 is 67.9 Å². The largest absolute Gasteiger partial charge is 0.508 e. The summed E-state index contributed by atoms with van der Waals surface area (Å²) in [6, 6.07) is 14.4. The molecule has 0 aliphatic carbocycles. The van der Waals surface area contributed by atoms with E-state index in [9.17, 15) is 69.0 Å². The van der Waals surface area contributed by atoms with Crippen LogP contribution in [0, 0.1) is 17.8 Å². The van der Waals surface area contributed by atoms with Gasteiger partial charge in [0.05, 0.1) is 74.3 Å². The molecule has 2 aliphatic rings. The van der Waals surface area contributed by atoms with Gasteiger partial charge in [0.2, 0.25) is 29.5 Å². The van der Waals surface area contributed by atoms with Crippen LogP contribution in [0.25, 0.3) is 10.9 Å². The molecule has 29 nitrogen and oxygen atoms in total. The first kappa shape index (κ1) is 80.8. The van der Waals surface area contributed by atoms with Crippen LogP contribution < -0.4 is 32.3 Å². The van der Waals surface area contributed by atoms with Crippen molar-refractivity contribution in [2.45, 2.75) is 121 Å². The molecule has 2 fully saturated rings. The SMILES string of the molecule is CC(=O)CN1CCN(CC(=O)O)CCN(CC(=O)N[C@H](Cc2ccccc2)C(=O)C[C@H]2CSSC[C@@H](C(=O)C[C@H](C(=O)O)[C@@H](C)O)NC(=O)[C@H]([C@@H](C)O)CC(=O)[C@H](CCCCN)NC(=O)[C@@H](Cc3c[nH]c4ccccc34)NC(=O)[C@H](Cc3ccc(O)cc3)NC2=O)CCN(CC(=O)O)CC1. The molecule has 1 aromatic heterocycles. The number of carbonyl (C=O) groups is 12. The van der Waals surface area contributed by atoms with Crippen molar-refractivity contribution < 1.29 is 88.2 Å². The van der Waals surface area contributed by atoms with Crippen LogP contribution in [0.4, 0.5) is 0 Å². The van der Waals surface area contributed by atoms with E-state index in [4.69, 9.17) is 5.73 Å². The molecule has 2 saturated heterocycles. The molecule has 3 aromatic carbocycles. The van der Waals surface area contributed by atoms with Crippen LogP contribution in [-0.2, 0) is 76.8 Å². The maximum absolute atomic E-state index is 15.4. The van der Waals surface area contributed by atoms with Gasteiger partial charge in [-0.3, -0.25) is 77.1 Å². The second-order valence-corrected chi connectivity index (χ2v) is 28.2. The Bertz CT molecular complexity index is 3400. The number of nitrogens with zero attached hydrogens (tertiary/aromatic N) is 4. The van der Waals surface area contributed by atoms with Gasteiger partial charge in [-0.1, -0.05) is 82.3 Å². The first-order chi connectivity index (χ1) is 47.7. The molecular weight excluding hydrogens is 1330 g/mol. The molecule has 0 radical (unpaired) electrons. The fourth-order valence-corrected chi connectivity index (χ4v) is 14.4. The number of aromatic hydroxyl groups is 1. The number of carboxylic acid groups (broad SMARTS) is 3. The fourth-order valence-electron chi connectivity index (χ4n) is 11.9. The third kappa shape index (κ3) is 27.1. The van der Waals surface area contributed by atoms with Crippen molar-refractivity contribution in [1.82, 2.24) is 51.2 Å². The lowest BCUT2D eigenvalue weighted by Gasteiger charge is -2.33. The predicted molar refractivity (Wildman–Crippen MR) is 373 cm³/mol. The summed E-state index contributed by atoms with van der Waals surface area (Å²) < 4.78 is 0. The number of aromatic amines is 1. The number of aliphatic hydroxyl groups is 2. The Kier molecular flexibility index (Phi) is 33.1. The molecule has 5 amide bonds. The van der Waals surface area contributed by atoms with Crippen LogP contribution in [0.15, 0.2) is 85.1 Å². The number of amides is 5. The number of aliphatic hydroxyl groups excluding tert-OH is 2. The number of H-pyrrole nitrogens is 1. The zero-order valence-corrected chi connectivity index (χ0v) is 58.2. The Balaban J connectivity index is 1.41. The Morgan fingerprint density at radius 3 is 1.75 bits per heavy atom. The van der Waals surface area contributed by atoms with Crippen molar-refractivity contribution in [3.8, 4) is 5.75 Å². The number of nitrogens with one attached hydrogen (secondary N) is 6. The van der Waals surface area contributed by atoms with E-state index in [1.165, 1.54) is 45.0 Å². The van der Waals surface area contributed by atoms with Crippen molar-refractivity contribution in [2.75, 3.05) is 96.6 Å². The first-order valence-corrected chi connectivity index (χ1v) is 36.0. The average Bonchev–Trinajstić information content (AvgIpc) is 1.62. The van der Waals surface area contributed by atoms with Gasteiger partial charge in [0, 0.05) is 113 Å². The number of hydrogen-bond acceptors (Lipinski definition) is 22. The molecule has 31 heteroatoms. The first-order valence-electron chi connectivity index (χ1n) is 33.5. The van der Waals surface area contributed by atoms with Gasteiger partial charge in [0.15, 0.2) is 17.3 Å². The van der Waals surface area contributed by atoms with Gasteiger partial charge in [-0.15, -0.1) is 0 Å². The van der Waals surface area contributed by atoms with E-state index in [1.54, 1.807) is 75.5 Å². The number of Topliss-reactive ketones (excluding diaryl/α,β-unsaturated/α-hetero) is 4. The van der Waals surface area contributed by atoms with Crippen molar-refractivity contribution >= 4 is 103 Å². The highest BCUT2D eigenvalue weighted by Crippen LogP contribution is 2.29. The summed E-state index contributed by atoms with van der Waals surface area (Å²) >= 11 is 0. The van der Waals surface area contributed by atoms with Gasteiger partial charge in [-0.05, 0) is 87.9 Å². The summed E-state index contributed by atoms with van der Waals surface area (Å²) in [5.41, 5.74) is 8.16. The molecule has 3 heterocycles. The Morgan fingerprint density at radius 1 is 0.630 bits per heavy atom. The van der Waals surface area contributed by atoms with Gasteiger partial charge >= 0.3 is 17.9 Å². The van der Waals surface area contributed by atoms with Crippen LogP contribution in [0.5, 0.6) is 5.75 Å². The fraction of sp³-hybridized carbons (Fsp3) is 0.536. The van der Waals surface area contributed by atoms with E-state index in [2.05, 4.69) is 31.6 Å². The van der Waals surface area contributed by atoms with Crippen LogP contribution in [0.2, 0.25) is 0 Å². The standard InChI is InChI=1S/C69H95N11O18S2/c1-42(81)36-77-21-25-79(38-63(89)90)27-23-78(24-28-80(26-22-77)39-64(91)92)37-62(88)72-55(29-45-11-5-4-6-12-45)59(85)32-48-40-99-100-41-58(61(87)34-52(44(3)83)69(97)98)76-66(94)51(43(2)82)33-60(86)54(15-9-10-20-70)73-68(96)57(31-47-35-71-53-14-8-7-13-50(47)53)75-67(95)56(74-65(48)93)30-46-16-18-49(84)19-17-46/h4-8,11-14,16-19,35,43-44,48,51-52,54-58,71,82-84H,9-10,15,20-34,36-41,70H2,1-3H3,(H,72,88)(H,73,96)(H,74,93)(H,75,95)(H,76,94)(H,89,90)(H,91,92)(H,97,98)/t43-,44-,48+,51+,52+,54+,55-,56+,57-,58+/m1/s1. The van der Waals surface area contributed by atoms with E-state index in [0.717, 1.165) is 21.6 Å². The quantitative estimate of drug-likeness (QED) is 0.0270. The zero-order valence-electron chi connectivity index (χ0n) is 56.6. The lowest BCUT2D eigenvalue weighted by Crippen LogP contribution is -2.57. The second kappa shape index (κ2) is 40.9. The molecular formula is C69H95N11O18S2. The summed E-state index contributed by atoms with van der Waals surface area (Å²) in [5.74, 6) is -15.6. The summed E-state index contributed by atoms with van der Waals surface area (Å²) in [6.07, 6.45) is -3.29. The number of aromatic nitrogens is 1. The molecule has 4 aromatic rings. The number of carbonyl (C=O) groups excluding carboxylic acids is 9. The van der Waals surface area contributed by atoms with E-state index in [0.29, 0.717) is 40.4 Å². The summed E-state index contributed by atoms with van der Waals surface area (Å²) in [7, 11) is 1.89. The minimum atomic E-state index is -1.63. The third-order valence-electron chi connectivity index (χ3n) is 17.6. The monoisotopic (exact) mass is 1430 g/mol. The molecule has 0 bridgehead atoms. The van der Waals surface area contributed by atoms with Gasteiger partial charge in [-0.2, -0.15) is 0 Å². The second-order valence-electron chi connectivity index (χ2n) is 25.7. The maximum Gasteiger partial charge on any atom is 0.317 e. The summed E-state index contributed by atoms with van der Waals surface area (Å²) in [5, 5.41) is 76.3. The number of nitrogens with two attached hydrogens (primary N) is 1. The number of fused-ring (bicyclic) bond motifs is 1. The number of rotatable bonds is 28. The highest BCUT2D eigenvalue weighted by Gasteiger charge is 2.38. The van der Waals surface area contributed by atoms with Gasteiger partial charge in [0.1, 0.15) is 23.6 Å². The number of phenolic OH excluding ortho intramolecular Hbond substituents is 1.